The summed E-state index contributed by atoms with van der Waals surface area (Å²) in [5, 5.41) is 6.36. The van der Waals surface area contributed by atoms with E-state index in [2.05, 4.69) is 22.6 Å². The fourth-order valence-electron chi connectivity index (χ4n) is 2.90. The van der Waals surface area contributed by atoms with Gasteiger partial charge in [-0.3, -0.25) is 4.79 Å². The number of amides is 1. The Bertz CT molecular complexity index is 251. The van der Waals surface area contributed by atoms with E-state index in [1.165, 1.54) is 19.5 Å². The van der Waals surface area contributed by atoms with E-state index in [1.807, 2.05) is 0 Å². The minimum atomic E-state index is 0.241. The average molecular weight is 239 g/mol. The van der Waals surface area contributed by atoms with Crippen LogP contribution in [-0.4, -0.2) is 50.6 Å². The highest BCUT2D eigenvalue weighted by Crippen LogP contribution is 2.17. The normalized spacial score (nSPS) is 29.7. The van der Waals surface area contributed by atoms with E-state index in [4.69, 9.17) is 0 Å². The lowest BCUT2D eigenvalue weighted by Gasteiger charge is -2.12. The molecular formula is C13H25N3O. The van der Waals surface area contributed by atoms with Crippen LogP contribution >= 0.6 is 0 Å². The number of likely N-dealkylation sites (tertiary alicyclic amines) is 1. The lowest BCUT2D eigenvalue weighted by molar-refractivity contribution is -0.121. The maximum Gasteiger partial charge on any atom is 0.220 e. The van der Waals surface area contributed by atoms with Crippen LogP contribution in [0.2, 0.25) is 0 Å². The Morgan fingerprint density at radius 3 is 2.94 bits per heavy atom. The Balaban J connectivity index is 1.53. The van der Waals surface area contributed by atoms with E-state index in [0.29, 0.717) is 12.3 Å². The number of rotatable bonds is 5. The minimum absolute atomic E-state index is 0.241. The molecule has 0 aromatic heterocycles. The second kappa shape index (κ2) is 6.36. The van der Waals surface area contributed by atoms with Gasteiger partial charge in [0.1, 0.15) is 0 Å². The van der Waals surface area contributed by atoms with Gasteiger partial charge in [0.2, 0.25) is 5.91 Å². The Hall–Kier alpha value is -0.610. The number of carbonyl (C=O) groups is 1. The van der Waals surface area contributed by atoms with Crippen LogP contribution in [-0.2, 0) is 4.79 Å². The molecule has 2 N–H and O–H groups in total. The van der Waals surface area contributed by atoms with Crippen molar-refractivity contribution in [2.45, 2.75) is 25.7 Å². The van der Waals surface area contributed by atoms with Crippen molar-refractivity contribution >= 4 is 5.91 Å². The molecule has 2 heterocycles. The van der Waals surface area contributed by atoms with Crippen molar-refractivity contribution < 1.29 is 4.79 Å². The first-order valence-corrected chi connectivity index (χ1v) is 6.90. The monoisotopic (exact) mass is 239 g/mol. The second-order valence-corrected chi connectivity index (χ2v) is 5.62. The number of nitrogens with one attached hydrogen (secondary N) is 2. The molecule has 0 spiro atoms. The van der Waals surface area contributed by atoms with Gasteiger partial charge in [-0.25, -0.2) is 0 Å². The Kier molecular flexibility index (Phi) is 4.80. The van der Waals surface area contributed by atoms with Crippen LogP contribution in [0.5, 0.6) is 0 Å². The summed E-state index contributed by atoms with van der Waals surface area (Å²) in [5.41, 5.74) is 0. The van der Waals surface area contributed by atoms with Crippen molar-refractivity contribution in [1.82, 2.24) is 15.5 Å². The summed E-state index contributed by atoms with van der Waals surface area (Å²) >= 11 is 0. The quantitative estimate of drug-likeness (QED) is 0.732. The summed E-state index contributed by atoms with van der Waals surface area (Å²) in [5.74, 6) is 1.59. The summed E-state index contributed by atoms with van der Waals surface area (Å²) in [4.78, 5) is 14.1. The molecule has 2 aliphatic heterocycles. The molecule has 4 nitrogen and oxygen atoms in total. The molecule has 98 valence electrons. The molecule has 0 radical (unpaired) electrons. The Morgan fingerprint density at radius 2 is 2.29 bits per heavy atom. The van der Waals surface area contributed by atoms with E-state index in [-0.39, 0.29) is 5.91 Å². The van der Waals surface area contributed by atoms with E-state index in [0.717, 1.165) is 38.4 Å². The maximum atomic E-state index is 11.7. The maximum absolute atomic E-state index is 11.7. The molecule has 4 heteroatoms. The number of carbonyl (C=O) groups excluding carboxylic acids is 1. The van der Waals surface area contributed by atoms with E-state index >= 15 is 0 Å². The molecule has 17 heavy (non-hydrogen) atoms. The molecule has 2 unspecified atom stereocenters. The average Bonchev–Trinajstić information content (AvgIpc) is 2.90. The summed E-state index contributed by atoms with van der Waals surface area (Å²) in [6.45, 7) is 5.36. The third-order valence-corrected chi connectivity index (χ3v) is 4.00. The van der Waals surface area contributed by atoms with Gasteiger partial charge >= 0.3 is 0 Å². The molecule has 2 atom stereocenters. The first-order valence-electron chi connectivity index (χ1n) is 6.90. The topological polar surface area (TPSA) is 44.4 Å². The molecular weight excluding hydrogens is 214 g/mol. The zero-order valence-corrected chi connectivity index (χ0v) is 10.9. The molecule has 0 bridgehead atoms. The lowest BCUT2D eigenvalue weighted by atomic mass is 10.0. The largest absolute Gasteiger partial charge is 0.356 e. The molecule has 0 saturated carbocycles. The summed E-state index contributed by atoms with van der Waals surface area (Å²) in [6.07, 6.45) is 4.29. The van der Waals surface area contributed by atoms with Crippen LogP contribution in [0.4, 0.5) is 0 Å². The zero-order chi connectivity index (χ0) is 12.1. The van der Waals surface area contributed by atoms with Crippen molar-refractivity contribution in [3.05, 3.63) is 0 Å². The van der Waals surface area contributed by atoms with Gasteiger partial charge in [0, 0.05) is 19.5 Å². The highest BCUT2D eigenvalue weighted by Gasteiger charge is 2.20. The predicted octanol–water partition coefficient (Wildman–Crippen LogP) is 0.444. The molecule has 0 aliphatic carbocycles. The standard InChI is InChI=1S/C13H25N3O/c1-16-7-4-11(10-16)3-6-15-13(17)8-12-2-5-14-9-12/h11-12,14H,2-10H2,1H3,(H,15,17). The number of hydrogen-bond donors (Lipinski definition) is 2. The fraction of sp³-hybridized carbons (Fsp3) is 0.923. The van der Waals surface area contributed by atoms with Gasteiger partial charge in [-0.05, 0) is 57.8 Å². The minimum Gasteiger partial charge on any atom is -0.356 e. The summed E-state index contributed by atoms with van der Waals surface area (Å²) < 4.78 is 0. The van der Waals surface area contributed by atoms with Gasteiger partial charge in [0.05, 0.1) is 0 Å². The summed E-state index contributed by atoms with van der Waals surface area (Å²) in [7, 11) is 2.17. The van der Waals surface area contributed by atoms with E-state index in [1.54, 1.807) is 0 Å². The van der Waals surface area contributed by atoms with Crippen molar-refractivity contribution in [2.24, 2.45) is 11.8 Å². The number of nitrogens with zero attached hydrogens (tertiary/aromatic N) is 1. The van der Waals surface area contributed by atoms with Crippen LogP contribution < -0.4 is 10.6 Å². The molecule has 2 aliphatic rings. The van der Waals surface area contributed by atoms with Gasteiger partial charge in [-0.2, -0.15) is 0 Å². The van der Waals surface area contributed by atoms with E-state index in [9.17, 15) is 4.79 Å². The molecule has 0 aromatic carbocycles. The van der Waals surface area contributed by atoms with Crippen molar-refractivity contribution in [1.29, 1.82) is 0 Å². The highest BCUT2D eigenvalue weighted by molar-refractivity contribution is 5.76. The van der Waals surface area contributed by atoms with Crippen LogP contribution in [0.25, 0.3) is 0 Å². The fourth-order valence-corrected chi connectivity index (χ4v) is 2.90. The third-order valence-electron chi connectivity index (χ3n) is 4.00. The van der Waals surface area contributed by atoms with Crippen LogP contribution in [0, 0.1) is 11.8 Å². The van der Waals surface area contributed by atoms with Crippen molar-refractivity contribution in [2.75, 3.05) is 39.8 Å². The third kappa shape index (κ3) is 4.28. The highest BCUT2D eigenvalue weighted by atomic mass is 16.1. The van der Waals surface area contributed by atoms with Crippen LogP contribution in [0.15, 0.2) is 0 Å². The van der Waals surface area contributed by atoms with Crippen molar-refractivity contribution in [3.8, 4) is 0 Å². The predicted molar refractivity (Wildman–Crippen MR) is 68.8 cm³/mol. The van der Waals surface area contributed by atoms with E-state index < -0.39 is 0 Å². The van der Waals surface area contributed by atoms with Gasteiger partial charge in [-0.15, -0.1) is 0 Å². The molecule has 2 fully saturated rings. The molecule has 1 amide bonds. The van der Waals surface area contributed by atoms with Crippen LogP contribution in [0.3, 0.4) is 0 Å². The molecule has 2 saturated heterocycles. The SMILES string of the molecule is CN1CCC(CCNC(=O)CC2CCNC2)C1. The first kappa shape index (κ1) is 12.8. The Labute approximate surface area is 104 Å². The van der Waals surface area contributed by atoms with Crippen molar-refractivity contribution in [3.63, 3.8) is 0 Å². The first-order chi connectivity index (χ1) is 8.24. The number of hydrogen-bond acceptors (Lipinski definition) is 3. The summed E-state index contributed by atoms with van der Waals surface area (Å²) in [6, 6.07) is 0. The smallest absolute Gasteiger partial charge is 0.220 e. The van der Waals surface area contributed by atoms with Gasteiger partial charge < -0.3 is 15.5 Å². The van der Waals surface area contributed by atoms with Crippen LogP contribution in [0.1, 0.15) is 25.7 Å². The Morgan fingerprint density at radius 1 is 1.41 bits per heavy atom. The second-order valence-electron chi connectivity index (χ2n) is 5.62. The van der Waals surface area contributed by atoms with Gasteiger partial charge in [0.15, 0.2) is 0 Å². The zero-order valence-electron chi connectivity index (χ0n) is 10.9. The van der Waals surface area contributed by atoms with Gasteiger partial charge in [0.25, 0.3) is 0 Å². The van der Waals surface area contributed by atoms with Gasteiger partial charge in [-0.1, -0.05) is 0 Å². The molecule has 2 rings (SSSR count). The molecule has 0 aromatic rings. The lowest BCUT2D eigenvalue weighted by Crippen LogP contribution is -2.28.